The van der Waals surface area contributed by atoms with E-state index in [1.165, 1.54) is 0 Å². The first kappa shape index (κ1) is 16.1. The van der Waals surface area contributed by atoms with Gasteiger partial charge in [-0.15, -0.1) is 0 Å². The Hall–Kier alpha value is -2.72. The second-order valence-electron chi connectivity index (χ2n) is 6.09. The predicted molar refractivity (Wildman–Crippen MR) is 101 cm³/mol. The first-order chi connectivity index (χ1) is 11.5. The molecule has 3 rings (SSSR count). The number of aromatic nitrogens is 1. The van der Waals surface area contributed by atoms with Crippen LogP contribution in [0, 0.1) is 5.41 Å². The van der Waals surface area contributed by atoms with Crippen LogP contribution in [-0.4, -0.2) is 35.7 Å². The fourth-order valence-corrected chi connectivity index (χ4v) is 2.83. The number of nitrogens with one attached hydrogen (secondary N) is 1. The van der Waals surface area contributed by atoms with Gasteiger partial charge in [0.15, 0.2) is 0 Å². The summed E-state index contributed by atoms with van der Waals surface area (Å²) in [5, 5.41) is 10.1. The Morgan fingerprint density at radius 1 is 1.29 bits per heavy atom. The molecule has 4 nitrogen and oxygen atoms in total. The third-order valence-electron chi connectivity index (χ3n) is 4.21. The van der Waals surface area contributed by atoms with E-state index in [1.807, 2.05) is 43.3 Å². The first-order valence-electron chi connectivity index (χ1n) is 7.84. The molecule has 2 aromatic heterocycles. The van der Waals surface area contributed by atoms with E-state index in [2.05, 4.69) is 30.6 Å². The topological polar surface area (TPSA) is 53.1 Å². The van der Waals surface area contributed by atoms with Crippen molar-refractivity contribution in [3.05, 3.63) is 60.8 Å². The second kappa shape index (κ2) is 6.42. The van der Waals surface area contributed by atoms with Crippen molar-refractivity contribution in [2.24, 2.45) is 0 Å². The highest BCUT2D eigenvalue weighted by molar-refractivity contribution is 6.04. The number of furan rings is 1. The summed E-state index contributed by atoms with van der Waals surface area (Å²) in [5.41, 5.74) is 4.20. The molecule has 0 aliphatic rings. The minimum atomic E-state index is -0.0963. The molecule has 24 heavy (non-hydrogen) atoms. The number of pyridine rings is 1. The summed E-state index contributed by atoms with van der Waals surface area (Å²) in [5.74, 6) is 0. The summed E-state index contributed by atoms with van der Waals surface area (Å²) in [6.45, 7) is 5.78. The van der Waals surface area contributed by atoms with Crippen molar-refractivity contribution >= 4 is 33.4 Å². The third kappa shape index (κ3) is 2.88. The van der Waals surface area contributed by atoms with Crippen molar-refractivity contribution in [2.45, 2.75) is 13.0 Å². The lowest BCUT2D eigenvalue weighted by Crippen LogP contribution is -2.32. The molecule has 1 unspecified atom stereocenters. The molecule has 0 amide bonds. The Balaban J connectivity index is 2.07. The number of nitrogens with zero attached hydrogens (tertiary/aromatic N) is 2. The number of likely N-dealkylation sites (N-methyl/N-ethyl adjacent to an activating group) is 1. The summed E-state index contributed by atoms with van der Waals surface area (Å²) in [6, 6.07) is 9.99. The molecule has 2 heterocycles. The molecule has 1 N–H and O–H groups in total. The van der Waals surface area contributed by atoms with Crippen molar-refractivity contribution < 1.29 is 4.42 Å². The molecule has 0 aliphatic heterocycles. The smallest absolute Gasteiger partial charge is 0.227 e. The average molecular weight is 319 g/mol. The lowest BCUT2D eigenvalue weighted by Gasteiger charge is -2.21. The molecule has 0 saturated carbocycles. The fraction of sp³-hybridized carbons (Fsp3) is 0.200. The summed E-state index contributed by atoms with van der Waals surface area (Å²) in [4.78, 5) is 6.27. The Bertz CT molecular complexity index is 950. The maximum Gasteiger partial charge on any atom is 0.227 e. The Morgan fingerprint density at radius 3 is 2.79 bits per heavy atom. The van der Waals surface area contributed by atoms with Crippen molar-refractivity contribution in [3.63, 3.8) is 0 Å². The molecular formula is C20H21N3O. The van der Waals surface area contributed by atoms with Gasteiger partial charge in [-0.1, -0.05) is 18.7 Å². The first-order valence-corrected chi connectivity index (χ1v) is 7.84. The summed E-state index contributed by atoms with van der Waals surface area (Å²) in [6.07, 6.45) is 5.41. The molecule has 0 bridgehead atoms. The molecule has 0 aliphatic carbocycles. The molecule has 1 aromatic carbocycles. The van der Waals surface area contributed by atoms with Crippen LogP contribution in [0.3, 0.4) is 0 Å². The van der Waals surface area contributed by atoms with Gasteiger partial charge in [0.05, 0.1) is 11.8 Å². The van der Waals surface area contributed by atoms with Crippen LogP contribution in [0.25, 0.3) is 27.6 Å². The normalized spacial score (nSPS) is 13.6. The summed E-state index contributed by atoms with van der Waals surface area (Å²) in [7, 11) is 3.93. The van der Waals surface area contributed by atoms with E-state index < -0.39 is 0 Å². The van der Waals surface area contributed by atoms with Crippen LogP contribution >= 0.6 is 0 Å². The van der Waals surface area contributed by atoms with Crippen LogP contribution < -0.4 is 0 Å². The van der Waals surface area contributed by atoms with E-state index >= 15 is 0 Å². The monoisotopic (exact) mass is 319 g/mol. The van der Waals surface area contributed by atoms with Crippen LogP contribution in [0.5, 0.6) is 0 Å². The van der Waals surface area contributed by atoms with Crippen LogP contribution in [0.1, 0.15) is 12.5 Å². The van der Waals surface area contributed by atoms with Crippen LogP contribution in [0.2, 0.25) is 0 Å². The van der Waals surface area contributed by atoms with Crippen LogP contribution in [0.4, 0.5) is 0 Å². The van der Waals surface area contributed by atoms with Gasteiger partial charge in [0.2, 0.25) is 5.71 Å². The molecule has 0 fully saturated rings. The number of fused-ring (bicyclic) bond motifs is 3. The van der Waals surface area contributed by atoms with Gasteiger partial charge in [-0.2, -0.15) is 0 Å². The van der Waals surface area contributed by atoms with E-state index in [0.717, 1.165) is 27.5 Å². The minimum absolute atomic E-state index is 0.0963. The van der Waals surface area contributed by atoms with Gasteiger partial charge in [-0.05, 0) is 62.5 Å². The third-order valence-corrected chi connectivity index (χ3v) is 4.21. The van der Waals surface area contributed by atoms with E-state index in [1.54, 1.807) is 12.3 Å². The van der Waals surface area contributed by atoms with E-state index in [0.29, 0.717) is 11.4 Å². The van der Waals surface area contributed by atoms with Gasteiger partial charge in [0.1, 0.15) is 5.58 Å². The van der Waals surface area contributed by atoms with Crippen LogP contribution in [0.15, 0.2) is 59.7 Å². The van der Waals surface area contributed by atoms with E-state index in [-0.39, 0.29) is 6.04 Å². The molecule has 4 heteroatoms. The highest BCUT2D eigenvalue weighted by Gasteiger charge is 2.14. The molecular weight excluding hydrogens is 298 g/mol. The SMILES string of the molecule is C=CC(=N)C(/C=C(\C)c1ccc2oc3ncccc3c2c1)N(C)C. The Labute approximate surface area is 141 Å². The second-order valence-corrected chi connectivity index (χ2v) is 6.09. The standard InChI is InChI=1S/C20H21N3O/c1-5-17(21)18(23(3)4)11-13(2)14-8-9-19-16(12-14)15-7-6-10-22-20(15)24-19/h5-12,18,21H,1H2,2-4H3/b13-11+,21-17?. The molecule has 1 atom stereocenters. The summed E-state index contributed by atoms with van der Waals surface area (Å²) >= 11 is 0. The lowest BCUT2D eigenvalue weighted by molar-refractivity contribution is 0.408. The van der Waals surface area contributed by atoms with Crippen molar-refractivity contribution in [1.82, 2.24) is 9.88 Å². The van der Waals surface area contributed by atoms with Gasteiger partial charge < -0.3 is 9.83 Å². The number of rotatable bonds is 5. The number of hydrogen-bond acceptors (Lipinski definition) is 4. The van der Waals surface area contributed by atoms with Crippen molar-refractivity contribution in [2.75, 3.05) is 14.1 Å². The highest BCUT2D eigenvalue weighted by atomic mass is 16.3. The van der Waals surface area contributed by atoms with Crippen molar-refractivity contribution in [1.29, 1.82) is 5.41 Å². The number of benzene rings is 1. The van der Waals surface area contributed by atoms with Crippen molar-refractivity contribution in [3.8, 4) is 0 Å². The average Bonchev–Trinajstić information content (AvgIpc) is 2.96. The largest absolute Gasteiger partial charge is 0.438 e. The zero-order valence-electron chi connectivity index (χ0n) is 14.2. The number of hydrogen-bond donors (Lipinski definition) is 1. The zero-order valence-corrected chi connectivity index (χ0v) is 14.2. The van der Waals surface area contributed by atoms with Gasteiger partial charge in [0, 0.05) is 17.0 Å². The van der Waals surface area contributed by atoms with Gasteiger partial charge >= 0.3 is 0 Å². The molecule has 3 aromatic rings. The molecule has 0 radical (unpaired) electrons. The minimum Gasteiger partial charge on any atom is -0.438 e. The lowest BCUT2D eigenvalue weighted by atomic mass is 10.0. The van der Waals surface area contributed by atoms with Gasteiger partial charge in [-0.25, -0.2) is 4.98 Å². The van der Waals surface area contributed by atoms with E-state index in [9.17, 15) is 0 Å². The highest BCUT2D eigenvalue weighted by Crippen LogP contribution is 2.30. The van der Waals surface area contributed by atoms with Crippen LogP contribution in [-0.2, 0) is 0 Å². The predicted octanol–water partition coefficient (Wildman–Crippen LogP) is 4.52. The van der Waals surface area contributed by atoms with E-state index in [4.69, 9.17) is 9.83 Å². The molecule has 0 saturated heterocycles. The summed E-state index contributed by atoms with van der Waals surface area (Å²) < 4.78 is 5.78. The Kier molecular flexibility index (Phi) is 4.32. The van der Waals surface area contributed by atoms with Gasteiger partial charge in [-0.3, -0.25) is 4.90 Å². The fourth-order valence-electron chi connectivity index (χ4n) is 2.83. The number of allylic oxidation sites excluding steroid dienone is 1. The quantitative estimate of drug-likeness (QED) is 0.703. The maximum atomic E-state index is 8.07. The molecule has 122 valence electrons. The van der Waals surface area contributed by atoms with Gasteiger partial charge in [0.25, 0.3) is 0 Å². The maximum absolute atomic E-state index is 8.07. The molecule has 0 spiro atoms. The zero-order chi connectivity index (χ0) is 17.3. The Morgan fingerprint density at radius 2 is 2.08 bits per heavy atom.